The van der Waals surface area contributed by atoms with E-state index in [-0.39, 0.29) is 38.2 Å². The van der Waals surface area contributed by atoms with Crippen molar-refractivity contribution in [3.63, 3.8) is 0 Å². The van der Waals surface area contributed by atoms with Crippen molar-refractivity contribution in [2.75, 3.05) is 40.9 Å². The van der Waals surface area contributed by atoms with Gasteiger partial charge in [-0.05, 0) is 74.9 Å². The van der Waals surface area contributed by atoms with E-state index in [9.17, 15) is 19.8 Å². The van der Waals surface area contributed by atoms with Crippen molar-refractivity contribution in [2.45, 2.75) is 172 Å². The minimum absolute atomic E-state index is 0.0484. The van der Waals surface area contributed by atoms with E-state index in [0.717, 1.165) is 0 Å². The monoisotopic (exact) mass is 862 g/mol. The quantitative estimate of drug-likeness (QED) is 0.133. The standard InChI is InChI=1S/C45H70N2O14/c1-15-18-47-23-42(8)35-31(47)40(53)61-45(35,11)29(17-3)58-39(52)26(6)32(48)34(59-30-22-43(9,54-14)37(51)27(7)57-30)38(44(10,55-19-16-2)21-24(4)36(42)50)60-41-33(49)28(46(12)13)20-25(5)56-41/h2,15,24-31,33-35,37-38,41,49,51H,1,17-23H2,3-14H3/t24-,25-,26-,27+,28+,29-,30?,31?,33-,34+,35?,37+,38-,41+,42?,43?,44+,45-/m1/s1. The van der Waals surface area contributed by atoms with E-state index < -0.39 is 125 Å². The predicted octanol–water partition coefficient (Wildman–Crippen LogP) is 2.44. The van der Waals surface area contributed by atoms with Gasteiger partial charge in [-0.1, -0.05) is 32.8 Å². The lowest BCUT2D eigenvalue weighted by atomic mass is 9.62. The summed E-state index contributed by atoms with van der Waals surface area (Å²) in [6.07, 6.45) is -2.41. The zero-order valence-electron chi connectivity index (χ0n) is 38.1. The molecule has 0 bridgehead atoms. The lowest BCUT2D eigenvalue weighted by molar-refractivity contribution is -0.328. The van der Waals surface area contributed by atoms with Crippen LogP contribution in [0.3, 0.4) is 0 Å². The molecule has 0 saturated carbocycles. The molecule has 5 rings (SSSR count). The Kier molecular flexibility index (Phi) is 15.1. The molecule has 5 aliphatic rings. The number of ether oxygens (including phenoxy) is 8. The summed E-state index contributed by atoms with van der Waals surface area (Å²) in [5, 5.41) is 22.9. The lowest BCUT2D eigenvalue weighted by Gasteiger charge is -2.49. The maximum Gasteiger partial charge on any atom is 0.324 e. The first-order valence-corrected chi connectivity index (χ1v) is 21.6. The number of terminal acetylenes is 1. The minimum Gasteiger partial charge on any atom is -0.458 e. The van der Waals surface area contributed by atoms with Crippen LogP contribution in [-0.4, -0.2) is 169 Å². The maximum atomic E-state index is 15.4. The molecule has 0 radical (unpaired) electrons. The highest BCUT2D eigenvalue weighted by Crippen LogP contribution is 2.56. The Bertz CT molecular complexity index is 1690. The van der Waals surface area contributed by atoms with Gasteiger partial charge in [-0.2, -0.15) is 0 Å². The van der Waals surface area contributed by atoms with Crippen LogP contribution in [0.5, 0.6) is 0 Å². The number of esters is 2. The Hall–Kier alpha value is -2.82. The molecule has 5 aliphatic heterocycles. The van der Waals surface area contributed by atoms with Gasteiger partial charge in [-0.25, -0.2) is 0 Å². The number of hydrogen-bond donors (Lipinski definition) is 2. The molecule has 5 saturated heterocycles. The van der Waals surface area contributed by atoms with Crippen molar-refractivity contribution in [3.8, 4) is 12.3 Å². The highest BCUT2D eigenvalue weighted by molar-refractivity contribution is 6.01. The van der Waals surface area contributed by atoms with E-state index in [4.69, 9.17) is 44.3 Å². The van der Waals surface area contributed by atoms with Gasteiger partial charge in [-0.15, -0.1) is 13.0 Å². The van der Waals surface area contributed by atoms with Gasteiger partial charge >= 0.3 is 11.9 Å². The summed E-state index contributed by atoms with van der Waals surface area (Å²) in [7, 11) is 5.10. The largest absolute Gasteiger partial charge is 0.458 e. The van der Waals surface area contributed by atoms with Crippen molar-refractivity contribution in [3.05, 3.63) is 12.7 Å². The molecule has 0 amide bonds. The third-order valence-corrected chi connectivity index (χ3v) is 14.2. The molecular formula is C45H70N2O14. The van der Waals surface area contributed by atoms with Gasteiger partial charge in [-0.3, -0.25) is 24.1 Å². The Morgan fingerprint density at radius 1 is 1.00 bits per heavy atom. The van der Waals surface area contributed by atoms with Crippen molar-refractivity contribution in [2.24, 2.45) is 23.2 Å². The zero-order chi connectivity index (χ0) is 45.6. The summed E-state index contributed by atoms with van der Waals surface area (Å²) in [5.41, 5.74) is -5.55. The Morgan fingerprint density at radius 3 is 2.26 bits per heavy atom. The molecular weight excluding hydrogens is 792 g/mol. The molecule has 16 heteroatoms. The number of nitrogens with zero attached hydrogens (tertiary/aromatic N) is 2. The molecule has 5 fully saturated rings. The van der Waals surface area contributed by atoms with Crippen molar-refractivity contribution < 1.29 is 67.3 Å². The molecule has 0 aromatic carbocycles. The van der Waals surface area contributed by atoms with Gasteiger partial charge in [0.1, 0.15) is 54.9 Å². The number of aliphatic hydroxyl groups excluding tert-OH is 2. The van der Waals surface area contributed by atoms with Gasteiger partial charge in [0, 0.05) is 49.9 Å². The number of hydrogen-bond acceptors (Lipinski definition) is 16. The van der Waals surface area contributed by atoms with Gasteiger partial charge in [0.25, 0.3) is 0 Å². The van der Waals surface area contributed by atoms with Crippen molar-refractivity contribution >= 4 is 23.5 Å². The van der Waals surface area contributed by atoms with Crippen LogP contribution in [0.25, 0.3) is 0 Å². The van der Waals surface area contributed by atoms with Crippen LogP contribution < -0.4 is 0 Å². The van der Waals surface area contributed by atoms with E-state index in [0.29, 0.717) is 13.0 Å². The third kappa shape index (κ3) is 9.12. The van der Waals surface area contributed by atoms with Crippen molar-refractivity contribution in [1.82, 2.24) is 9.80 Å². The number of Topliss-reactive ketones (excluding diaryl/α,β-unsaturated/α-hetero) is 2. The lowest BCUT2D eigenvalue weighted by Crippen LogP contribution is -2.63. The number of ketones is 2. The summed E-state index contributed by atoms with van der Waals surface area (Å²) in [6, 6.07) is -1.26. The van der Waals surface area contributed by atoms with Gasteiger partial charge in [0.05, 0.1) is 23.4 Å². The van der Waals surface area contributed by atoms with Crippen LogP contribution >= 0.6 is 0 Å². The third-order valence-electron chi connectivity index (χ3n) is 14.2. The van der Waals surface area contributed by atoms with Crippen LogP contribution in [0.2, 0.25) is 0 Å². The fraction of sp³-hybridized carbons (Fsp3) is 0.822. The topological polar surface area (TPSA) is 189 Å². The van der Waals surface area contributed by atoms with Gasteiger partial charge in [0.15, 0.2) is 24.0 Å². The number of rotatable bonds is 11. The van der Waals surface area contributed by atoms with Gasteiger partial charge in [0.2, 0.25) is 0 Å². The number of carbonyl (C=O) groups is 4. The molecule has 18 atom stereocenters. The summed E-state index contributed by atoms with van der Waals surface area (Å²) in [5.74, 6) is -3.12. The first-order valence-electron chi connectivity index (χ1n) is 21.6. The SMILES string of the molecule is C#CCO[C@@]1(C)C[C@@H](C)C(=O)C2(C)CN(CC=C)C3C(=O)O[C@@](C)(C32)[C@@H](CC)OC(=O)[C@H](C)C(=O)[C@H](OC2CC(C)(OC)[C@@H](O)[C@H](C)O2)[C@H]1O[C@@H]1O[C@H](C)C[C@H](N(C)C)[C@H]1O. The van der Waals surface area contributed by atoms with Crippen LogP contribution in [0, 0.1) is 35.5 Å². The molecule has 344 valence electrons. The fourth-order valence-electron chi connectivity index (χ4n) is 10.9. The molecule has 61 heavy (non-hydrogen) atoms. The van der Waals surface area contributed by atoms with Crippen LogP contribution in [0.1, 0.15) is 88.0 Å². The van der Waals surface area contributed by atoms with Crippen molar-refractivity contribution in [1.29, 1.82) is 0 Å². The first kappa shape index (κ1) is 49.2. The number of methoxy groups -OCH3 is 1. The maximum absolute atomic E-state index is 15.4. The highest BCUT2D eigenvalue weighted by atomic mass is 16.7. The van der Waals surface area contributed by atoms with Crippen LogP contribution in [0.15, 0.2) is 12.7 Å². The van der Waals surface area contributed by atoms with Crippen LogP contribution in [-0.2, 0) is 57.1 Å². The second-order valence-electron chi connectivity index (χ2n) is 19.0. The molecule has 16 nitrogen and oxygen atoms in total. The van der Waals surface area contributed by atoms with Crippen LogP contribution in [0.4, 0.5) is 0 Å². The average Bonchev–Trinajstić information content (AvgIpc) is 3.67. The number of likely N-dealkylation sites (tertiary alicyclic amines) is 1. The number of carbonyl (C=O) groups excluding carboxylic acids is 4. The molecule has 0 spiro atoms. The number of likely N-dealkylation sites (N-methyl/N-ethyl adjacent to an activating group) is 1. The normalized spacial score (nSPS) is 46.4. The molecule has 0 aliphatic carbocycles. The second-order valence-corrected chi connectivity index (χ2v) is 19.0. The summed E-state index contributed by atoms with van der Waals surface area (Å²) < 4.78 is 50.6. The number of aliphatic hydroxyl groups is 2. The Balaban J connectivity index is 1.73. The summed E-state index contributed by atoms with van der Waals surface area (Å²) in [4.78, 5) is 62.7. The highest BCUT2D eigenvalue weighted by Gasteiger charge is 2.71. The molecule has 0 aromatic heterocycles. The van der Waals surface area contributed by atoms with E-state index >= 15 is 9.59 Å². The smallest absolute Gasteiger partial charge is 0.324 e. The first-order chi connectivity index (χ1) is 28.5. The molecule has 5 heterocycles. The molecule has 5 unspecified atom stereocenters. The predicted molar refractivity (Wildman–Crippen MR) is 221 cm³/mol. The zero-order valence-corrected chi connectivity index (χ0v) is 38.1. The average molecular weight is 863 g/mol. The minimum atomic E-state index is -1.72. The van der Waals surface area contributed by atoms with E-state index in [1.54, 1.807) is 47.6 Å². The second kappa shape index (κ2) is 18.7. The van der Waals surface area contributed by atoms with E-state index in [1.807, 2.05) is 37.7 Å². The molecule has 2 N–H and O–H groups in total. The Labute approximate surface area is 361 Å². The number of cyclic esters (lactones) is 1. The summed E-state index contributed by atoms with van der Waals surface area (Å²) >= 11 is 0. The van der Waals surface area contributed by atoms with Gasteiger partial charge < -0.3 is 53.0 Å². The Morgan fingerprint density at radius 2 is 1.67 bits per heavy atom. The van der Waals surface area contributed by atoms with E-state index in [1.165, 1.54) is 14.0 Å². The molecule has 0 aromatic rings. The fourth-order valence-corrected chi connectivity index (χ4v) is 10.9. The summed E-state index contributed by atoms with van der Waals surface area (Å²) in [6.45, 7) is 19.3. The van der Waals surface area contributed by atoms with E-state index in [2.05, 4.69) is 12.5 Å².